The molecule has 0 saturated carbocycles. The molecule has 0 fully saturated rings. The first kappa shape index (κ1) is 16.2. The molecule has 0 N–H and O–H groups in total. The maximum absolute atomic E-state index is 13.6. The largest absolute Gasteiger partial charge is 0.419 e. The molecule has 0 aliphatic rings. The summed E-state index contributed by atoms with van der Waals surface area (Å²) in [5.41, 5.74) is -1.89. The van der Waals surface area contributed by atoms with Gasteiger partial charge in [0.1, 0.15) is 0 Å². The van der Waals surface area contributed by atoms with Gasteiger partial charge in [0.15, 0.2) is 11.6 Å². The Balaban J connectivity index is 3.06. The molecule has 1 aromatic carbocycles. The lowest BCUT2D eigenvalue weighted by molar-refractivity contribution is -0.140. The second-order valence-corrected chi connectivity index (χ2v) is 4.82. The van der Waals surface area contributed by atoms with Gasteiger partial charge in [0.05, 0.1) is 5.56 Å². The van der Waals surface area contributed by atoms with Gasteiger partial charge in [-0.2, -0.15) is 13.2 Å². The van der Waals surface area contributed by atoms with E-state index in [4.69, 9.17) is 11.6 Å². The SMILES string of the molecule is CN(C)CCCc1c(Cl)cc(C(F)(F)F)c(F)c1F. The van der Waals surface area contributed by atoms with Crippen LogP contribution in [0.25, 0.3) is 0 Å². The molecule has 0 heterocycles. The van der Waals surface area contributed by atoms with E-state index in [1.165, 1.54) is 0 Å². The molecule has 7 heteroatoms. The van der Waals surface area contributed by atoms with E-state index >= 15 is 0 Å². The zero-order valence-corrected chi connectivity index (χ0v) is 11.2. The van der Waals surface area contributed by atoms with Crippen molar-refractivity contribution in [3.05, 3.63) is 33.9 Å². The van der Waals surface area contributed by atoms with Gasteiger partial charge in [-0.1, -0.05) is 11.6 Å². The summed E-state index contributed by atoms with van der Waals surface area (Å²) in [6.45, 7) is 0.596. The van der Waals surface area contributed by atoms with E-state index in [-0.39, 0.29) is 12.0 Å². The second-order valence-electron chi connectivity index (χ2n) is 4.42. The van der Waals surface area contributed by atoms with Gasteiger partial charge < -0.3 is 4.90 Å². The first-order valence-electron chi connectivity index (χ1n) is 5.53. The normalized spacial score (nSPS) is 12.3. The van der Waals surface area contributed by atoms with Crippen molar-refractivity contribution in [3.8, 4) is 0 Å². The van der Waals surface area contributed by atoms with Crippen molar-refractivity contribution in [1.82, 2.24) is 4.90 Å². The van der Waals surface area contributed by atoms with E-state index in [1.807, 2.05) is 4.90 Å². The van der Waals surface area contributed by atoms with E-state index < -0.39 is 28.4 Å². The third kappa shape index (κ3) is 4.04. The molecule has 0 amide bonds. The van der Waals surface area contributed by atoms with Gasteiger partial charge in [-0.25, -0.2) is 8.78 Å². The Kier molecular flexibility index (Phi) is 5.15. The summed E-state index contributed by atoms with van der Waals surface area (Å²) < 4.78 is 64.2. The smallest absolute Gasteiger partial charge is 0.309 e. The molecule has 0 saturated heterocycles. The number of nitrogens with zero attached hydrogens (tertiary/aromatic N) is 1. The monoisotopic (exact) mass is 301 g/mol. The molecule has 0 aliphatic carbocycles. The summed E-state index contributed by atoms with van der Waals surface area (Å²) in [7, 11) is 3.59. The van der Waals surface area contributed by atoms with Gasteiger partial charge in [0, 0.05) is 10.6 Å². The zero-order valence-electron chi connectivity index (χ0n) is 10.4. The van der Waals surface area contributed by atoms with Gasteiger partial charge in [-0.3, -0.25) is 0 Å². The highest BCUT2D eigenvalue weighted by molar-refractivity contribution is 6.31. The van der Waals surface area contributed by atoms with Gasteiger partial charge in [-0.15, -0.1) is 0 Å². The first-order valence-corrected chi connectivity index (χ1v) is 5.90. The van der Waals surface area contributed by atoms with E-state index in [2.05, 4.69) is 0 Å². The van der Waals surface area contributed by atoms with Crippen molar-refractivity contribution in [1.29, 1.82) is 0 Å². The molecule has 0 radical (unpaired) electrons. The lowest BCUT2D eigenvalue weighted by Gasteiger charge is -2.14. The topological polar surface area (TPSA) is 3.24 Å². The van der Waals surface area contributed by atoms with Crippen molar-refractivity contribution in [2.75, 3.05) is 20.6 Å². The van der Waals surface area contributed by atoms with Crippen molar-refractivity contribution in [2.45, 2.75) is 19.0 Å². The Morgan fingerprint density at radius 3 is 2.21 bits per heavy atom. The Bertz CT molecular complexity index is 456. The quantitative estimate of drug-likeness (QED) is 0.597. The molecule has 0 bridgehead atoms. The average molecular weight is 302 g/mol. The summed E-state index contributed by atoms with van der Waals surface area (Å²) in [6.07, 6.45) is -4.41. The predicted molar refractivity (Wildman–Crippen MR) is 63.2 cm³/mol. The molecule has 19 heavy (non-hydrogen) atoms. The molecule has 1 nitrogen and oxygen atoms in total. The fourth-order valence-electron chi connectivity index (χ4n) is 1.64. The predicted octanol–water partition coefficient (Wildman–Crippen LogP) is 4.13. The molecule has 1 aromatic rings. The number of rotatable bonds is 4. The van der Waals surface area contributed by atoms with Gasteiger partial charge in [0.25, 0.3) is 0 Å². The standard InChI is InChI=1S/C12H13ClF5N/c1-19(2)5-3-4-7-9(13)6-8(12(16,17)18)11(15)10(7)14/h6H,3-5H2,1-2H3. The molecular weight excluding hydrogens is 289 g/mol. The summed E-state index contributed by atoms with van der Waals surface area (Å²) in [5.74, 6) is -3.41. The third-order valence-corrected chi connectivity index (χ3v) is 2.93. The van der Waals surface area contributed by atoms with Crippen LogP contribution in [0.5, 0.6) is 0 Å². The van der Waals surface area contributed by atoms with Crippen molar-refractivity contribution in [2.24, 2.45) is 0 Å². The van der Waals surface area contributed by atoms with Crippen LogP contribution in [0.3, 0.4) is 0 Å². The maximum atomic E-state index is 13.6. The highest BCUT2D eigenvalue weighted by Crippen LogP contribution is 2.36. The second kappa shape index (κ2) is 6.05. The van der Waals surface area contributed by atoms with Crippen LogP contribution in [0.15, 0.2) is 6.07 Å². The highest BCUT2D eigenvalue weighted by atomic mass is 35.5. The van der Waals surface area contributed by atoms with Gasteiger partial charge >= 0.3 is 6.18 Å². The molecule has 0 aliphatic heterocycles. The molecule has 0 aromatic heterocycles. The Morgan fingerprint density at radius 1 is 1.16 bits per heavy atom. The Morgan fingerprint density at radius 2 is 1.74 bits per heavy atom. The molecule has 0 unspecified atom stereocenters. The number of alkyl halides is 3. The van der Waals surface area contributed by atoms with E-state index in [0.717, 1.165) is 0 Å². The van der Waals surface area contributed by atoms with E-state index in [9.17, 15) is 22.0 Å². The van der Waals surface area contributed by atoms with Crippen LogP contribution >= 0.6 is 11.6 Å². The van der Waals surface area contributed by atoms with Crippen LogP contribution in [0.1, 0.15) is 17.5 Å². The van der Waals surface area contributed by atoms with Crippen molar-refractivity contribution < 1.29 is 22.0 Å². The maximum Gasteiger partial charge on any atom is 0.419 e. The van der Waals surface area contributed by atoms with Gasteiger partial charge in [0.2, 0.25) is 0 Å². The van der Waals surface area contributed by atoms with E-state index in [1.54, 1.807) is 14.1 Å². The van der Waals surface area contributed by atoms with Crippen molar-refractivity contribution >= 4 is 11.6 Å². The molecule has 0 atom stereocenters. The number of hydrogen-bond donors (Lipinski definition) is 0. The molecule has 108 valence electrons. The zero-order chi connectivity index (χ0) is 14.8. The summed E-state index contributed by atoms with van der Waals surface area (Å²) in [6, 6.07) is 0.435. The Labute approximate surface area is 113 Å². The minimum atomic E-state index is -4.96. The molecule has 1 rings (SSSR count). The average Bonchev–Trinajstić information content (AvgIpc) is 2.26. The molecule has 0 spiro atoms. The number of benzene rings is 1. The minimum Gasteiger partial charge on any atom is -0.309 e. The summed E-state index contributed by atoms with van der Waals surface area (Å²) in [4.78, 5) is 1.83. The lowest BCUT2D eigenvalue weighted by Crippen LogP contribution is -2.15. The van der Waals surface area contributed by atoms with E-state index in [0.29, 0.717) is 19.0 Å². The number of hydrogen-bond acceptors (Lipinski definition) is 1. The van der Waals surface area contributed by atoms with Crippen LogP contribution < -0.4 is 0 Å². The third-order valence-electron chi connectivity index (χ3n) is 2.59. The fourth-order valence-corrected chi connectivity index (χ4v) is 1.93. The fraction of sp³-hybridized carbons (Fsp3) is 0.500. The lowest BCUT2D eigenvalue weighted by atomic mass is 10.0. The highest BCUT2D eigenvalue weighted by Gasteiger charge is 2.37. The number of halogens is 6. The van der Waals surface area contributed by atoms with Crippen molar-refractivity contribution in [3.63, 3.8) is 0 Å². The van der Waals surface area contributed by atoms with Crippen LogP contribution in [-0.4, -0.2) is 25.5 Å². The minimum absolute atomic E-state index is 0.0813. The molecular formula is C12H13ClF5N. The van der Waals surface area contributed by atoms with Crippen LogP contribution in [0, 0.1) is 11.6 Å². The van der Waals surface area contributed by atoms with Crippen LogP contribution in [0.4, 0.5) is 22.0 Å². The van der Waals surface area contributed by atoms with Crippen LogP contribution in [0.2, 0.25) is 5.02 Å². The summed E-state index contributed by atoms with van der Waals surface area (Å²) >= 11 is 5.61. The van der Waals surface area contributed by atoms with Crippen LogP contribution in [-0.2, 0) is 12.6 Å². The first-order chi connectivity index (χ1) is 8.64. The summed E-state index contributed by atoms with van der Waals surface area (Å²) in [5, 5.41) is -0.398. The van der Waals surface area contributed by atoms with Gasteiger partial charge in [-0.05, 0) is 39.5 Å². The Hall–Kier alpha value is -0.880.